The first-order valence-electron chi connectivity index (χ1n) is 2.62. The van der Waals surface area contributed by atoms with Crippen molar-refractivity contribution in [3.8, 4) is 0 Å². The number of halogens is 1. The van der Waals surface area contributed by atoms with E-state index in [1.165, 1.54) is 6.42 Å². The third kappa shape index (κ3) is 1.88. The van der Waals surface area contributed by atoms with Gasteiger partial charge in [-0.1, -0.05) is 22.9 Å². The molecule has 0 spiro atoms. The van der Waals surface area contributed by atoms with Gasteiger partial charge in [0.15, 0.2) is 0 Å². The topological polar surface area (TPSA) is 9.23 Å². The van der Waals surface area contributed by atoms with Crippen LogP contribution in [-0.4, -0.2) is 22.1 Å². The number of alkyl halides is 1. The zero-order valence-electron chi connectivity index (χ0n) is 4.36. The number of hydrogen-bond donors (Lipinski definition) is 0. The minimum absolute atomic E-state index is 0. The van der Waals surface area contributed by atoms with Crippen molar-refractivity contribution in [1.82, 2.24) is 0 Å². The Bertz CT molecular complexity index is 63.4. The molecule has 2 unspecified atom stereocenters. The van der Waals surface area contributed by atoms with E-state index in [2.05, 4.69) is 22.9 Å². The first kappa shape index (κ1) is 8.66. The minimum atomic E-state index is 0. The van der Waals surface area contributed by atoms with E-state index in [0.29, 0.717) is 11.1 Å². The molecule has 1 aliphatic heterocycles. The standard InChI is InChI=1S/C5H9BrO.H4Si/c1-2-4-3-5(6)7-4;/h4-5H,2-3H2,1H3;1H4. The molecule has 2 atom stereocenters. The van der Waals surface area contributed by atoms with E-state index < -0.39 is 0 Å². The molecule has 1 fully saturated rings. The van der Waals surface area contributed by atoms with Gasteiger partial charge in [-0.05, 0) is 17.4 Å². The summed E-state index contributed by atoms with van der Waals surface area (Å²) < 4.78 is 5.20. The Morgan fingerprint density at radius 3 is 2.38 bits per heavy atom. The van der Waals surface area contributed by atoms with Crippen molar-refractivity contribution in [2.24, 2.45) is 0 Å². The van der Waals surface area contributed by atoms with Gasteiger partial charge in [-0.3, -0.25) is 0 Å². The fourth-order valence-electron chi connectivity index (χ4n) is 0.667. The van der Waals surface area contributed by atoms with Crippen LogP contribution in [0.5, 0.6) is 0 Å². The quantitative estimate of drug-likeness (QED) is 0.438. The van der Waals surface area contributed by atoms with Crippen LogP contribution in [-0.2, 0) is 4.74 Å². The highest BCUT2D eigenvalue weighted by Crippen LogP contribution is 2.26. The maximum absolute atomic E-state index is 5.20. The van der Waals surface area contributed by atoms with E-state index in [0.717, 1.165) is 6.42 Å². The fourth-order valence-corrected chi connectivity index (χ4v) is 1.39. The normalized spacial score (nSPS) is 35.2. The van der Waals surface area contributed by atoms with Gasteiger partial charge in [0.1, 0.15) is 5.01 Å². The molecule has 0 N–H and O–H groups in total. The second kappa shape index (κ2) is 3.64. The van der Waals surface area contributed by atoms with Crippen LogP contribution in [0.4, 0.5) is 0 Å². The molecule has 1 nitrogen and oxygen atoms in total. The zero-order chi connectivity index (χ0) is 5.28. The largest absolute Gasteiger partial charge is 0.364 e. The van der Waals surface area contributed by atoms with Gasteiger partial charge in [-0.2, -0.15) is 0 Å². The predicted octanol–water partition coefficient (Wildman–Crippen LogP) is 0.455. The highest BCUT2D eigenvalue weighted by atomic mass is 79.9. The molecule has 0 aromatic carbocycles. The molecule has 0 bridgehead atoms. The molecule has 0 radical (unpaired) electrons. The summed E-state index contributed by atoms with van der Waals surface area (Å²) in [5.41, 5.74) is 0. The van der Waals surface area contributed by atoms with Gasteiger partial charge >= 0.3 is 0 Å². The Labute approximate surface area is 62.9 Å². The molecule has 3 heteroatoms. The fraction of sp³-hybridized carbons (Fsp3) is 1.00. The molecule has 0 saturated carbocycles. The lowest BCUT2D eigenvalue weighted by Gasteiger charge is -2.30. The van der Waals surface area contributed by atoms with Crippen molar-refractivity contribution in [2.75, 3.05) is 0 Å². The Kier molecular flexibility index (Phi) is 3.94. The van der Waals surface area contributed by atoms with Gasteiger partial charge in [0.2, 0.25) is 0 Å². The summed E-state index contributed by atoms with van der Waals surface area (Å²) in [7, 11) is 0. The van der Waals surface area contributed by atoms with Crippen molar-refractivity contribution in [3.05, 3.63) is 0 Å². The molecular formula is C5H13BrOSi. The highest BCUT2D eigenvalue weighted by Gasteiger charge is 2.24. The molecule has 1 heterocycles. The van der Waals surface area contributed by atoms with E-state index in [4.69, 9.17) is 4.74 Å². The van der Waals surface area contributed by atoms with Crippen LogP contribution in [0.2, 0.25) is 0 Å². The molecule has 0 aliphatic carbocycles. The lowest BCUT2D eigenvalue weighted by molar-refractivity contribution is -0.0704. The maximum Gasteiger partial charge on any atom is 0.115 e. The van der Waals surface area contributed by atoms with E-state index in [-0.39, 0.29) is 11.0 Å². The van der Waals surface area contributed by atoms with E-state index in [1.807, 2.05) is 0 Å². The Morgan fingerprint density at radius 1 is 1.75 bits per heavy atom. The third-order valence-electron chi connectivity index (χ3n) is 1.24. The van der Waals surface area contributed by atoms with Gasteiger partial charge < -0.3 is 4.74 Å². The first-order chi connectivity index (χ1) is 3.33. The van der Waals surface area contributed by atoms with E-state index >= 15 is 0 Å². The van der Waals surface area contributed by atoms with E-state index in [9.17, 15) is 0 Å². The van der Waals surface area contributed by atoms with Crippen molar-refractivity contribution in [3.63, 3.8) is 0 Å². The van der Waals surface area contributed by atoms with Crippen molar-refractivity contribution in [1.29, 1.82) is 0 Å². The highest BCUT2D eigenvalue weighted by molar-refractivity contribution is 9.09. The average Bonchev–Trinajstić information content (AvgIpc) is 1.58. The van der Waals surface area contributed by atoms with Crippen LogP contribution in [0, 0.1) is 0 Å². The second-order valence-electron chi connectivity index (χ2n) is 1.81. The predicted molar refractivity (Wildman–Crippen MR) is 43.8 cm³/mol. The zero-order valence-corrected chi connectivity index (χ0v) is 5.94. The lowest BCUT2D eigenvalue weighted by atomic mass is 10.1. The summed E-state index contributed by atoms with van der Waals surface area (Å²) in [5, 5.41) is 0.359. The molecule has 1 saturated heterocycles. The molecule has 1 rings (SSSR count). The van der Waals surface area contributed by atoms with Gasteiger partial charge in [0.25, 0.3) is 0 Å². The van der Waals surface area contributed by atoms with Crippen molar-refractivity contribution in [2.45, 2.75) is 30.9 Å². The summed E-state index contributed by atoms with van der Waals surface area (Å²) in [6.07, 6.45) is 2.89. The smallest absolute Gasteiger partial charge is 0.115 e. The summed E-state index contributed by atoms with van der Waals surface area (Å²) in [4.78, 5) is 0. The van der Waals surface area contributed by atoms with Crippen LogP contribution >= 0.6 is 15.9 Å². The van der Waals surface area contributed by atoms with Crippen molar-refractivity contribution >= 4 is 26.9 Å². The Hall–Kier alpha value is 0.657. The van der Waals surface area contributed by atoms with Crippen LogP contribution in [0.25, 0.3) is 0 Å². The van der Waals surface area contributed by atoms with Crippen LogP contribution in [0.15, 0.2) is 0 Å². The van der Waals surface area contributed by atoms with Gasteiger partial charge in [-0.15, -0.1) is 0 Å². The lowest BCUT2D eigenvalue weighted by Crippen LogP contribution is -2.31. The molecule has 8 heavy (non-hydrogen) atoms. The van der Waals surface area contributed by atoms with Crippen molar-refractivity contribution < 1.29 is 4.74 Å². The average molecular weight is 197 g/mol. The number of ether oxygens (including phenoxy) is 1. The molecule has 1 aliphatic rings. The second-order valence-corrected chi connectivity index (χ2v) is 2.83. The van der Waals surface area contributed by atoms with Crippen LogP contribution < -0.4 is 0 Å². The molecule has 50 valence electrons. The first-order valence-corrected chi connectivity index (χ1v) is 3.54. The maximum atomic E-state index is 5.20. The summed E-state index contributed by atoms with van der Waals surface area (Å²) in [5.74, 6) is 0. The van der Waals surface area contributed by atoms with Crippen LogP contribution in [0.3, 0.4) is 0 Å². The summed E-state index contributed by atoms with van der Waals surface area (Å²) in [6, 6.07) is 0. The third-order valence-corrected chi connectivity index (χ3v) is 1.83. The summed E-state index contributed by atoms with van der Waals surface area (Å²) >= 11 is 3.32. The van der Waals surface area contributed by atoms with Gasteiger partial charge in [-0.25, -0.2) is 0 Å². The van der Waals surface area contributed by atoms with Gasteiger partial charge in [0, 0.05) is 6.42 Å². The minimum Gasteiger partial charge on any atom is -0.364 e. The Morgan fingerprint density at radius 2 is 2.25 bits per heavy atom. The molecule has 0 aromatic heterocycles. The SMILES string of the molecule is CCC1CC(Br)O1.[SiH4]. The monoisotopic (exact) mass is 196 g/mol. The Balaban J connectivity index is 0.000000490. The molecule has 0 aromatic rings. The summed E-state index contributed by atoms with van der Waals surface area (Å²) in [6.45, 7) is 2.14. The van der Waals surface area contributed by atoms with E-state index in [1.54, 1.807) is 0 Å². The molecular weight excluding hydrogens is 184 g/mol. The van der Waals surface area contributed by atoms with Gasteiger partial charge in [0.05, 0.1) is 6.10 Å². The van der Waals surface area contributed by atoms with Crippen LogP contribution in [0.1, 0.15) is 19.8 Å². The molecule has 0 amide bonds. The number of rotatable bonds is 1. The number of hydrogen-bond acceptors (Lipinski definition) is 1.